The predicted molar refractivity (Wildman–Crippen MR) is 258 cm³/mol. The van der Waals surface area contributed by atoms with Crippen molar-refractivity contribution in [2.24, 2.45) is 7.05 Å². The summed E-state index contributed by atoms with van der Waals surface area (Å²) < 4.78 is 27.0. The molecule has 1 atom stereocenters. The van der Waals surface area contributed by atoms with Gasteiger partial charge in [-0.05, 0) is 86.5 Å². The summed E-state index contributed by atoms with van der Waals surface area (Å²) in [4.78, 5) is 55.9. The number of carbonyl (C=O) groups is 3. The van der Waals surface area contributed by atoms with Crippen molar-refractivity contribution in [1.82, 2.24) is 45.0 Å². The maximum absolute atomic E-state index is 13.2. The normalized spacial score (nSPS) is 18.5. The number of aromatic nitrogens is 5. The SMILES string of the molecule is CCc1cc(Nc2ncc(-c3cn(C)nn3)c(Nc3ccccc3P(C)(C)=O)n2)c(OC)cc1N1CCC(N2CCN(CCOc3ccc4c(c3)CN(C3CCC(=O)NC3=O)C4=O)CC2)CC1. The van der Waals surface area contributed by atoms with Crippen LogP contribution in [0.3, 0.4) is 0 Å². The minimum absolute atomic E-state index is 0.182. The van der Waals surface area contributed by atoms with E-state index in [0.29, 0.717) is 71.4 Å². The molecule has 0 spiro atoms. The molecule has 18 nitrogen and oxygen atoms in total. The van der Waals surface area contributed by atoms with E-state index in [1.165, 1.54) is 11.3 Å². The Bertz CT molecular complexity index is 2710. The fourth-order valence-electron chi connectivity index (χ4n) is 9.71. The summed E-state index contributed by atoms with van der Waals surface area (Å²) in [5, 5.41) is 18.4. The van der Waals surface area contributed by atoms with E-state index >= 15 is 0 Å². The molecule has 67 heavy (non-hydrogen) atoms. The molecule has 19 heteroatoms. The van der Waals surface area contributed by atoms with Crippen LogP contribution < -0.4 is 35.6 Å². The Balaban J connectivity index is 0.785. The van der Waals surface area contributed by atoms with Gasteiger partial charge in [0, 0.05) is 101 Å². The van der Waals surface area contributed by atoms with Gasteiger partial charge >= 0.3 is 0 Å². The Morgan fingerprint density at radius 3 is 2.42 bits per heavy atom. The van der Waals surface area contributed by atoms with E-state index < -0.39 is 19.1 Å². The zero-order valence-corrected chi connectivity index (χ0v) is 39.7. The number of nitrogens with zero attached hydrogens (tertiary/aromatic N) is 9. The van der Waals surface area contributed by atoms with Crippen molar-refractivity contribution in [3.05, 3.63) is 83.7 Å². The van der Waals surface area contributed by atoms with Crippen LogP contribution in [-0.2, 0) is 34.2 Å². The third-order valence-electron chi connectivity index (χ3n) is 13.3. The molecule has 3 saturated heterocycles. The number of carbonyl (C=O) groups excluding carboxylic acids is 3. The van der Waals surface area contributed by atoms with Gasteiger partial charge in [0.25, 0.3) is 5.91 Å². The predicted octanol–water partition coefficient (Wildman–Crippen LogP) is 5.00. The lowest BCUT2D eigenvalue weighted by molar-refractivity contribution is -0.136. The van der Waals surface area contributed by atoms with Crippen LogP contribution in [0.5, 0.6) is 11.5 Å². The number of ether oxygens (including phenoxy) is 2. The van der Waals surface area contributed by atoms with Gasteiger partial charge in [0.05, 0.1) is 30.2 Å². The fraction of sp³-hybridized carbons (Fsp3) is 0.438. The first-order valence-corrected chi connectivity index (χ1v) is 25.7. The Hall–Kier alpha value is -6.36. The van der Waals surface area contributed by atoms with Gasteiger partial charge in [-0.1, -0.05) is 24.3 Å². The number of hydrogen-bond acceptors (Lipinski definition) is 15. The molecule has 5 aromatic rings. The Morgan fingerprint density at radius 1 is 0.910 bits per heavy atom. The summed E-state index contributed by atoms with van der Waals surface area (Å²) in [6.45, 7) is 13.2. The first kappa shape index (κ1) is 45.8. The van der Waals surface area contributed by atoms with Gasteiger partial charge in [-0.2, -0.15) is 4.98 Å². The number of nitrogens with one attached hydrogen (secondary N) is 3. The smallest absolute Gasteiger partial charge is 0.255 e. The molecular formula is C48H59N12O6P. The van der Waals surface area contributed by atoms with Crippen molar-refractivity contribution in [2.45, 2.75) is 57.7 Å². The van der Waals surface area contributed by atoms with Gasteiger partial charge in [-0.15, -0.1) is 5.10 Å². The molecule has 0 saturated carbocycles. The van der Waals surface area contributed by atoms with Gasteiger partial charge in [-0.25, -0.2) is 4.98 Å². The Morgan fingerprint density at radius 2 is 1.70 bits per heavy atom. The molecule has 3 fully saturated rings. The number of para-hydroxylation sites is 1. The van der Waals surface area contributed by atoms with E-state index in [2.05, 4.69) is 60.0 Å². The quantitative estimate of drug-likeness (QED) is 0.0938. The van der Waals surface area contributed by atoms with Crippen molar-refractivity contribution in [2.75, 3.05) is 88.4 Å². The highest BCUT2D eigenvalue weighted by Crippen LogP contribution is 2.40. The first-order chi connectivity index (χ1) is 32.3. The van der Waals surface area contributed by atoms with Crippen molar-refractivity contribution >= 4 is 59.0 Å². The highest BCUT2D eigenvalue weighted by atomic mass is 31.2. The molecule has 9 rings (SSSR count). The van der Waals surface area contributed by atoms with Crippen LogP contribution in [0.2, 0.25) is 0 Å². The third kappa shape index (κ3) is 10.0. The van der Waals surface area contributed by atoms with E-state index in [0.717, 1.165) is 81.6 Å². The summed E-state index contributed by atoms with van der Waals surface area (Å²) in [6, 6.07) is 17.2. The van der Waals surface area contributed by atoms with E-state index in [-0.39, 0.29) is 18.2 Å². The van der Waals surface area contributed by atoms with Crippen LogP contribution in [0.1, 0.15) is 54.1 Å². The summed E-state index contributed by atoms with van der Waals surface area (Å²) in [5.74, 6) is 1.38. The van der Waals surface area contributed by atoms with Gasteiger partial charge in [0.2, 0.25) is 17.8 Å². The first-order valence-electron chi connectivity index (χ1n) is 23.1. The van der Waals surface area contributed by atoms with Crippen LogP contribution in [0.4, 0.5) is 28.8 Å². The Kier molecular flexibility index (Phi) is 13.3. The van der Waals surface area contributed by atoms with Gasteiger partial charge in [0.15, 0.2) is 0 Å². The lowest BCUT2D eigenvalue weighted by Gasteiger charge is -2.43. The van der Waals surface area contributed by atoms with Crippen LogP contribution in [0.25, 0.3) is 11.3 Å². The Labute approximate surface area is 390 Å². The number of aryl methyl sites for hydroxylation is 2. The molecular weight excluding hydrogens is 872 g/mol. The minimum atomic E-state index is -2.61. The number of methoxy groups -OCH3 is 1. The van der Waals surface area contributed by atoms with Crippen molar-refractivity contribution < 1.29 is 28.4 Å². The van der Waals surface area contributed by atoms with Crippen LogP contribution in [-0.4, -0.2) is 142 Å². The molecule has 3 N–H and O–H groups in total. The van der Waals surface area contributed by atoms with Crippen molar-refractivity contribution in [3.8, 4) is 22.8 Å². The molecule has 2 aromatic heterocycles. The van der Waals surface area contributed by atoms with Crippen LogP contribution in [0, 0.1) is 0 Å². The number of anilines is 5. The molecule has 4 aliphatic rings. The molecule has 4 aliphatic heterocycles. The number of piperazine rings is 1. The van der Waals surface area contributed by atoms with Gasteiger partial charge in [-0.3, -0.25) is 34.2 Å². The molecule has 3 aromatic carbocycles. The zero-order chi connectivity index (χ0) is 46.8. The lowest BCUT2D eigenvalue weighted by atomic mass is 9.99. The second-order valence-electron chi connectivity index (χ2n) is 18.0. The largest absolute Gasteiger partial charge is 0.494 e. The van der Waals surface area contributed by atoms with Crippen LogP contribution in [0.15, 0.2) is 67.0 Å². The van der Waals surface area contributed by atoms with Crippen molar-refractivity contribution in [1.29, 1.82) is 0 Å². The number of amides is 3. The minimum Gasteiger partial charge on any atom is -0.494 e. The standard InChI is InChI=1S/C48H59N12O6P/c1-6-31-26-38(51-48-49-28-36(39-30-56(2)55-54-39)45(53-48)50-37-9-7-8-10-43(37)67(4,5)64)42(65-3)27-41(31)59-17-15-33(16-18-59)58-21-19-57(20-22-58)23-24-66-34-11-12-35-32(25-34)29-60(47(35)63)40-13-14-44(61)52-46(40)62/h7-12,25-28,30,33,40H,6,13-24,29H2,1-5H3,(H,52,61,62)(H2,49,50,51,53). The number of benzene rings is 3. The highest BCUT2D eigenvalue weighted by molar-refractivity contribution is 7.70. The van der Waals surface area contributed by atoms with E-state index in [4.69, 9.17) is 19.4 Å². The monoisotopic (exact) mass is 930 g/mol. The topological polar surface area (TPSA) is 192 Å². The summed E-state index contributed by atoms with van der Waals surface area (Å²) in [7, 11) is 0.872. The highest BCUT2D eigenvalue weighted by Gasteiger charge is 2.39. The number of piperidine rings is 2. The van der Waals surface area contributed by atoms with Gasteiger partial charge < -0.3 is 34.5 Å². The molecule has 3 amide bonds. The maximum atomic E-state index is 13.2. The summed E-state index contributed by atoms with van der Waals surface area (Å²) in [5.41, 5.74) is 6.51. The van der Waals surface area contributed by atoms with Crippen LogP contribution >= 0.6 is 7.14 Å². The fourth-order valence-corrected chi connectivity index (χ4v) is 10.9. The molecule has 6 heterocycles. The lowest BCUT2D eigenvalue weighted by Crippen LogP contribution is -2.53. The van der Waals surface area contributed by atoms with Gasteiger partial charge in [0.1, 0.15) is 42.8 Å². The third-order valence-corrected chi connectivity index (χ3v) is 14.9. The van der Waals surface area contributed by atoms with E-state index in [9.17, 15) is 18.9 Å². The molecule has 0 bridgehead atoms. The summed E-state index contributed by atoms with van der Waals surface area (Å²) >= 11 is 0. The van der Waals surface area contributed by atoms with E-state index in [1.807, 2.05) is 36.4 Å². The number of imide groups is 1. The molecule has 0 radical (unpaired) electrons. The second kappa shape index (κ2) is 19.5. The molecule has 0 aliphatic carbocycles. The number of rotatable bonds is 15. The second-order valence-corrected chi connectivity index (χ2v) is 21.2. The zero-order valence-electron chi connectivity index (χ0n) is 38.8. The average Bonchev–Trinajstić information content (AvgIpc) is 3.90. The summed E-state index contributed by atoms with van der Waals surface area (Å²) in [6.07, 6.45) is 7.08. The molecule has 1 unspecified atom stereocenters. The average molecular weight is 931 g/mol. The number of hydrogen-bond donors (Lipinski definition) is 3. The number of fused-ring (bicyclic) bond motifs is 1. The maximum Gasteiger partial charge on any atom is 0.255 e. The van der Waals surface area contributed by atoms with Crippen molar-refractivity contribution in [3.63, 3.8) is 0 Å². The molecule has 352 valence electrons. The van der Waals surface area contributed by atoms with E-state index in [1.54, 1.807) is 55.5 Å².